The Bertz CT molecular complexity index is 692. The molecule has 2 aromatic rings. The molecule has 0 bridgehead atoms. The van der Waals surface area contributed by atoms with Crippen LogP contribution in [0, 0.1) is 6.92 Å². The van der Waals surface area contributed by atoms with E-state index in [1.54, 1.807) is 6.07 Å². The molecule has 128 valence electrons. The van der Waals surface area contributed by atoms with E-state index in [0.29, 0.717) is 11.7 Å². The van der Waals surface area contributed by atoms with E-state index in [0.717, 1.165) is 37.1 Å². The average Bonchev–Trinajstić information content (AvgIpc) is 3.10. The van der Waals surface area contributed by atoms with Crippen LogP contribution in [0.5, 0.6) is 0 Å². The Hall–Kier alpha value is -2.18. The van der Waals surface area contributed by atoms with Gasteiger partial charge in [0.1, 0.15) is 5.69 Å². The highest BCUT2D eigenvalue weighted by Gasteiger charge is 2.18. The number of hydrogen-bond donors (Lipinski definition) is 3. The maximum absolute atomic E-state index is 12.2. The molecule has 0 aliphatic carbocycles. The number of carbonyl (C=O) groups is 1. The van der Waals surface area contributed by atoms with E-state index in [9.17, 15) is 9.90 Å². The second-order valence-corrected chi connectivity index (χ2v) is 6.32. The Balaban J connectivity index is 1.56. The highest BCUT2D eigenvalue weighted by molar-refractivity contribution is 5.92. The summed E-state index contributed by atoms with van der Waals surface area (Å²) >= 11 is 0. The molecule has 1 amide bonds. The topological polar surface area (TPSA) is 79.2 Å². The number of aliphatic hydroxyl groups excluding tert-OH is 1. The number of nitrogens with one attached hydrogen (secondary N) is 2. The fourth-order valence-corrected chi connectivity index (χ4v) is 3.00. The fraction of sp³-hybridized carbons (Fsp3) is 0.444. The molecule has 1 aromatic carbocycles. The van der Waals surface area contributed by atoms with Crippen molar-refractivity contribution in [3.8, 4) is 0 Å². The van der Waals surface area contributed by atoms with Crippen LogP contribution in [0.1, 0.15) is 46.6 Å². The summed E-state index contributed by atoms with van der Waals surface area (Å²) in [7, 11) is 0. The number of carbonyl (C=O) groups excluding carboxylic acids is 1. The first-order valence-electron chi connectivity index (χ1n) is 8.42. The van der Waals surface area contributed by atoms with E-state index in [4.69, 9.17) is 0 Å². The lowest BCUT2D eigenvalue weighted by molar-refractivity contribution is 0.0910. The first kappa shape index (κ1) is 16.7. The Morgan fingerprint density at radius 1 is 1.50 bits per heavy atom. The molecule has 3 rings (SSSR count). The third-order valence-electron chi connectivity index (χ3n) is 4.37. The third-order valence-corrected chi connectivity index (χ3v) is 4.37. The summed E-state index contributed by atoms with van der Waals surface area (Å²) in [6.07, 6.45) is 3.32. The molecular formula is C18H24N4O2. The Labute approximate surface area is 141 Å². The number of rotatable bonds is 5. The monoisotopic (exact) mass is 328 g/mol. The number of aromatic nitrogens is 2. The summed E-state index contributed by atoms with van der Waals surface area (Å²) in [6, 6.07) is 9.68. The van der Waals surface area contributed by atoms with Crippen LogP contribution in [0.2, 0.25) is 0 Å². The van der Waals surface area contributed by atoms with Gasteiger partial charge in [-0.25, -0.2) is 0 Å². The Morgan fingerprint density at radius 3 is 3.12 bits per heavy atom. The van der Waals surface area contributed by atoms with Gasteiger partial charge in [-0.15, -0.1) is 0 Å². The van der Waals surface area contributed by atoms with Crippen LogP contribution in [0.4, 0.5) is 0 Å². The highest BCUT2D eigenvalue weighted by atomic mass is 16.3. The predicted octanol–water partition coefficient (Wildman–Crippen LogP) is 1.58. The minimum atomic E-state index is -0.724. The molecule has 0 radical (unpaired) electrons. The molecule has 0 saturated carbocycles. The fourth-order valence-electron chi connectivity index (χ4n) is 3.00. The number of hydrogen-bond acceptors (Lipinski definition) is 4. The van der Waals surface area contributed by atoms with Crippen molar-refractivity contribution < 1.29 is 9.90 Å². The van der Waals surface area contributed by atoms with Gasteiger partial charge in [0.2, 0.25) is 0 Å². The van der Waals surface area contributed by atoms with Crippen molar-refractivity contribution in [2.45, 2.75) is 31.9 Å². The van der Waals surface area contributed by atoms with Crippen molar-refractivity contribution in [3.63, 3.8) is 0 Å². The molecule has 1 aliphatic heterocycles. The maximum atomic E-state index is 12.2. The largest absolute Gasteiger partial charge is 0.387 e. The van der Waals surface area contributed by atoms with E-state index >= 15 is 0 Å². The predicted molar refractivity (Wildman–Crippen MR) is 91.8 cm³/mol. The van der Waals surface area contributed by atoms with E-state index < -0.39 is 6.10 Å². The minimum Gasteiger partial charge on any atom is -0.387 e. The smallest absolute Gasteiger partial charge is 0.271 e. The van der Waals surface area contributed by atoms with Gasteiger partial charge in [-0.2, -0.15) is 5.10 Å². The van der Waals surface area contributed by atoms with E-state index in [1.807, 2.05) is 42.1 Å². The molecule has 0 spiro atoms. The minimum absolute atomic E-state index is 0.167. The van der Waals surface area contributed by atoms with E-state index in [-0.39, 0.29) is 12.5 Å². The quantitative estimate of drug-likeness (QED) is 0.778. The van der Waals surface area contributed by atoms with Crippen molar-refractivity contribution in [3.05, 3.63) is 53.3 Å². The lowest BCUT2D eigenvalue weighted by Gasteiger charge is -2.22. The van der Waals surface area contributed by atoms with Crippen molar-refractivity contribution >= 4 is 5.91 Å². The van der Waals surface area contributed by atoms with E-state index in [1.165, 1.54) is 0 Å². The van der Waals surface area contributed by atoms with Gasteiger partial charge in [-0.3, -0.25) is 9.48 Å². The van der Waals surface area contributed by atoms with Crippen LogP contribution in [0.3, 0.4) is 0 Å². The van der Waals surface area contributed by atoms with Gasteiger partial charge in [-0.1, -0.05) is 29.8 Å². The van der Waals surface area contributed by atoms with Crippen LogP contribution >= 0.6 is 0 Å². The zero-order valence-electron chi connectivity index (χ0n) is 13.9. The van der Waals surface area contributed by atoms with Crippen LogP contribution in [0.15, 0.2) is 36.5 Å². The standard InChI is InChI=1S/C18H24N4O2/c1-13-4-2-5-14(10-13)17(23)12-20-18(24)16-7-9-22(21-16)15-6-3-8-19-11-15/h2,4-5,7,9-10,15,17,19,23H,3,6,8,11-12H2,1H3,(H,20,24). The normalized spacial score (nSPS) is 19.0. The van der Waals surface area contributed by atoms with Gasteiger partial charge in [0.05, 0.1) is 12.1 Å². The Morgan fingerprint density at radius 2 is 2.38 bits per heavy atom. The number of amides is 1. The number of benzene rings is 1. The molecular weight excluding hydrogens is 304 g/mol. The number of piperidine rings is 1. The molecule has 1 aliphatic rings. The molecule has 6 heteroatoms. The summed E-state index contributed by atoms with van der Waals surface area (Å²) in [4.78, 5) is 12.2. The number of aliphatic hydroxyl groups is 1. The van der Waals surface area contributed by atoms with Crippen LogP contribution in [-0.4, -0.2) is 40.4 Å². The summed E-state index contributed by atoms with van der Waals surface area (Å²) < 4.78 is 1.86. The van der Waals surface area contributed by atoms with Gasteiger partial charge < -0.3 is 15.7 Å². The molecule has 2 atom stereocenters. The lowest BCUT2D eigenvalue weighted by Crippen LogP contribution is -2.32. The van der Waals surface area contributed by atoms with Crippen molar-refractivity contribution in [2.24, 2.45) is 0 Å². The van der Waals surface area contributed by atoms with Gasteiger partial charge >= 0.3 is 0 Å². The van der Waals surface area contributed by atoms with Crippen molar-refractivity contribution in [1.82, 2.24) is 20.4 Å². The first-order chi connectivity index (χ1) is 11.6. The van der Waals surface area contributed by atoms with Crippen LogP contribution in [0.25, 0.3) is 0 Å². The summed E-state index contributed by atoms with van der Waals surface area (Å²) in [6.45, 7) is 4.07. The number of nitrogens with zero attached hydrogens (tertiary/aromatic N) is 2. The van der Waals surface area contributed by atoms with Gasteiger partial charge in [0.15, 0.2) is 0 Å². The molecule has 1 aromatic heterocycles. The van der Waals surface area contributed by atoms with E-state index in [2.05, 4.69) is 15.7 Å². The SMILES string of the molecule is Cc1cccc(C(O)CNC(=O)c2ccn(C3CCCNC3)n2)c1. The lowest BCUT2D eigenvalue weighted by atomic mass is 10.1. The second kappa shape index (κ2) is 7.59. The summed E-state index contributed by atoms with van der Waals surface area (Å²) in [5.74, 6) is -0.260. The third kappa shape index (κ3) is 4.01. The van der Waals surface area contributed by atoms with Crippen LogP contribution < -0.4 is 10.6 Å². The molecule has 24 heavy (non-hydrogen) atoms. The highest BCUT2D eigenvalue weighted by Crippen LogP contribution is 2.16. The summed E-state index contributed by atoms with van der Waals surface area (Å²) in [5.41, 5.74) is 2.27. The summed E-state index contributed by atoms with van der Waals surface area (Å²) in [5, 5.41) is 20.7. The Kier molecular flexibility index (Phi) is 5.27. The molecule has 2 unspecified atom stereocenters. The molecule has 2 heterocycles. The van der Waals surface area contributed by atoms with Crippen molar-refractivity contribution in [1.29, 1.82) is 0 Å². The zero-order valence-corrected chi connectivity index (χ0v) is 13.9. The van der Waals surface area contributed by atoms with Crippen molar-refractivity contribution in [2.75, 3.05) is 19.6 Å². The second-order valence-electron chi connectivity index (χ2n) is 6.32. The molecule has 1 saturated heterocycles. The number of aryl methyl sites for hydroxylation is 1. The maximum Gasteiger partial charge on any atom is 0.271 e. The zero-order chi connectivity index (χ0) is 16.9. The van der Waals surface area contributed by atoms with Gasteiger partial charge in [0, 0.05) is 19.3 Å². The van der Waals surface area contributed by atoms with Crippen LogP contribution in [-0.2, 0) is 0 Å². The average molecular weight is 328 g/mol. The molecule has 1 fully saturated rings. The van der Waals surface area contributed by atoms with Gasteiger partial charge in [-0.05, 0) is 37.9 Å². The first-order valence-corrected chi connectivity index (χ1v) is 8.42. The molecule has 6 nitrogen and oxygen atoms in total. The van der Waals surface area contributed by atoms with Gasteiger partial charge in [0.25, 0.3) is 5.91 Å². The molecule has 3 N–H and O–H groups in total.